The second-order valence-electron chi connectivity index (χ2n) is 6.73. The van der Waals surface area contributed by atoms with E-state index >= 15 is 0 Å². The van der Waals surface area contributed by atoms with Crippen LogP contribution in [0.1, 0.15) is 39.0 Å². The summed E-state index contributed by atoms with van der Waals surface area (Å²) in [5.74, 6) is 0. The summed E-state index contributed by atoms with van der Waals surface area (Å²) in [6, 6.07) is 1.51. The summed E-state index contributed by atoms with van der Waals surface area (Å²) in [4.78, 5) is 5.27. The van der Waals surface area contributed by atoms with E-state index in [4.69, 9.17) is 10.5 Å². The average Bonchev–Trinajstić information content (AvgIpc) is 2.69. The van der Waals surface area contributed by atoms with E-state index in [0.29, 0.717) is 6.10 Å². The molecule has 4 heteroatoms. The number of hydrogen-bond acceptors (Lipinski definition) is 4. The van der Waals surface area contributed by atoms with Gasteiger partial charge in [-0.3, -0.25) is 4.90 Å². The van der Waals surface area contributed by atoms with Crippen LogP contribution in [-0.2, 0) is 4.74 Å². The minimum Gasteiger partial charge on any atom is -0.376 e. The monoisotopic (exact) mass is 267 g/mol. The van der Waals surface area contributed by atoms with Crippen molar-refractivity contribution >= 4 is 0 Å². The van der Waals surface area contributed by atoms with Crippen molar-refractivity contribution in [2.45, 2.75) is 62.8 Å². The lowest BCUT2D eigenvalue weighted by atomic mass is 9.80. The zero-order valence-electron chi connectivity index (χ0n) is 12.5. The highest BCUT2D eigenvalue weighted by atomic mass is 16.5. The first-order valence-electron chi connectivity index (χ1n) is 7.97. The Bertz CT molecular complexity index is 309. The molecule has 3 unspecified atom stereocenters. The van der Waals surface area contributed by atoms with Crippen LogP contribution in [0.25, 0.3) is 0 Å². The van der Waals surface area contributed by atoms with Crippen LogP contribution in [-0.4, -0.2) is 66.8 Å². The maximum Gasteiger partial charge on any atom is 0.0700 e. The lowest BCUT2D eigenvalue weighted by Gasteiger charge is -2.53. The van der Waals surface area contributed by atoms with Crippen LogP contribution in [0.2, 0.25) is 0 Å². The van der Waals surface area contributed by atoms with Gasteiger partial charge in [0.15, 0.2) is 0 Å². The van der Waals surface area contributed by atoms with Crippen molar-refractivity contribution in [1.29, 1.82) is 0 Å². The summed E-state index contributed by atoms with van der Waals surface area (Å²) in [6.45, 7) is 6.06. The third-order valence-corrected chi connectivity index (χ3v) is 5.86. The fraction of sp³-hybridized carbons (Fsp3) is 1.00. The normalized spacial score (nSPS) is 44.7. The number of rotatable bonds is 3. The van der Waals surface area contributed by atoms with Gasteiger partial charge >= 0.3 is 0 Å². The zero-order chi connectivity index (χ0) is 13.5. The number of nitrogens with zero attached hydrogens (tertiary/aromatic N) is 2. The SMILES string of the molecule is CCC1CN(C2(CN)CC3CCC(C2)N3C)CCO1. The smallest absolute Gasteiger partial charge is 0.0700 e. The van der Waals surface area contributed by atoms with Gasteiger partial charge in [-0.05, 0) is 39.2 Å². The fourth-order valence-electron chi connectivity index (χ4n) is 4.49. The highest BCUT2D eigenvalue weighted by Crippen LogP contribution is 2.42. The molecule has 0 aromatic rings. The molecule has 0 saturated carbocycles. The van der Waals surface area contributed by atoms with Gasteiger partial charge in [0.2, 0.25) is 0 Å². The molecule has 3 rings (SSSR count). The summed E-state index contributed by atoms with van der Waals surface area (Å²) < 4.78 is 5.84. The molecule has 3 atom stereocenters. The molecule has 0 aromatic heterocycles. The van der Waals surface area contributed by atoms with Crippen LogP contribution in [0.15, 0.2) is 0 Å². The maximum atomic E-state index is 6.25. The predicted molar refractivity (Wildman–Crippen MR) is 77.2 cm³/mol. The van der Waals surface area contributed by atoms with Gasteiger partial charge in [0.05, 0.1) is 12.7 Å². The summed E-state index contributed by atoms with van der Waals surface area (Å²) in [5.41, 5.74) is 6.50. The van der Waals surface area contributed by atoms with Crippen LogP contribution in [0, 0.1) is 0 Å². The predicted octanol–water partition coefficient (Wildman–Crippen LogP) is 1.05. The molecule has 3 heterocycles. The van der Waals surface area contributed by atoms with Crippen molar-refractivity contribution in [3.8, 4) is 0 Å². The highest BCUT2D eigenvalue weighted by molar-refractivity contribution is 5.07. The first-order chi connectivity index (χ1) is 9.18. The summed E-state index contributed by atoms with van der Waals surface area (Å²) in [6.07, 6.45) is 6.77. The summed E-state index contributed by atoms with van der Waals surface area (Å²) in [5, 5.41) is 0. The second-order valence-corrected chi connectivity index (χ2v) is 6.73. The van der Waals surface area contributed by atoms with E-state index in [1.54, 1.807) is 0 Å². The van der Waals surface area contributed by atoms with E-state index < -0.39 is 0 Å². The van der Waals surface area contributed by atoms with Gasteiger partial charge in [-0.1, -0.05) is 6.92 Å². The first-order valence-corrected chi connectivity index (χ1v) is 7.97. The molecule has 2 bridgehead atoms. The first kappa shape index (κ1) is 13.8. The van der Waals surface area contributed by atoms with Crippen molar-refractivity contribution < 1.29 is 4.74 Å². The van der Waals surface area contributed by atoms with Gasteiger partial charge in [-0.2, -0.15) is 0 Å². The van der Waals surface area contributed by atoms with Crippen LogP contribution in [0.5, 0.6) is 0 Å². The number of fused-ring (bicyclic) bond motifs is 2. The molecule has 0 amide bonds. The molecule has 3 saturated heterocycles. The zero-order valence-corrected chi connectivity index (χ0v) is 12.5. The molecule has 4 nitrogen and oxygen atoms in total. The Morgan fingerprint density at radius 1 is 1.26 bits per heavy atom. The van der Waals surface area contributed by atoms with Crippen molar-refractivity contribution in [2.75, 3.05) is 33.3 Å². The topological polar surface area (TPSA) is 41.7 Å². The number of hydrogen-bond donors (Lipinski definition) is 1. The van der Waals surface area contributed by atoms with Gasteiger partial charge in [0.25, 0.3) is 0 Å². The summed E-state index contributed by atoms with van der Waals surface area (Å²) >= 11 is 0. The molecule has 3 aliphatic heterocycles. The van der Waals surface area contributed by atoms with E-state index in [1.807, 2.05) is 0 Å². The minimum atomic E-state index is 0.246. The molecule has 110 valence electrons. The Labute approximate surface area is 117 Å². The molecular formula is C15H29N3O. The molecule has 3 aliphatic rings. The van der Waals surface area contributed by atoms with Gasteiger partial charge in [-0.15, -0.1) is 0 Å². The largest absolute Gasteiger partial charge is 0.376 e. The Morgan fingerprint density at radius 3 is 2.53 bits per heavy atom. The second kappa shape index (κ2) is 5.32. The summed E-state index contributed by atoms with van der Waals surface area (Å²) in [7, 11) is 2.30. The van der Waals surface area contributed by atoms with Crippen molar-refractivity contribution in [3.63, 3.8) is 0 Å². The van der Waals surface area contributed by atoms with E-state index in [-0.39, 0.29) is 5.54 Å². The quantitative estimate of drug-likeness (QED) is 0.830. The van der Waals surface area contributed by atoms with Crippen LogP contribution < -0.4 is 5.73 Å². The lowest BCUT2D eigenvalue weighted by molar-refractivity contribution is -0.0911. The highest BCUT2D eigenvalue weighted by Gasteiger charge is 2.49. The molecule has 0 spiro atoms. The molecule has 19 heavy (non-hydrogen) atoms. The van der Waals surface area contributed by atoms with Gasteiger partial charge in [0.1, 0.15) is 0 Å². The van der Waals surface area contributed by atoms with Gasteiger partial charge < -0.3 is 15.4 Å². The van der Waals surface area contributed by atoms with Crippen LogP contribution >= 0.6 is 0 Å². The van der Waals surface area contributed by atoms with Crippen molar-refractivity contribution in [2.24, 2.45) is 5.73 Å². The molecule has 0 aliphatic carbocycles. The van der Waals surface area contributed by atoms with E-state index in [0.717, 1.165) is 44.7 Å². The van der Waals surface area contributed by atoms with E-state index in [9.17, 15) is 0 Å². The molecule has 0 aromatic carbocycles. The van der Waals surface area contributed by atoms with E-state index in [2.05, 4.69) is 23.8 Å². The Morgan fingerprint density at radius 2 is 1.95 bits per heavy atom. The Balaban J connectivity index is 1.76. The maximum absolute atomic E-state index is 6.25. The third-order valence-electron chi connectivity index (χ3n) is 5.86. The Hall–Kier alpha value is -0.160. The van der Waals surface area contributed by atoms with Gasteiger partial charge in [0, 0.05) is 37.3 Å². The van der Waals surface area contributed by atoms with Crippen molar-refractivity contribution in [1.82, 2.24) is 9.80 Å². The molecule has 0 radical (unpaired) electrons. The molecular weight excluding hydrogens is 238 g/mol. The third kappa shape index (κ3) is 2.33. The van der Waals surface area contributed by atoms with Crippen LogP contribution in [0.4, 0.5) is 0 Å². The lowest BCUT2D eigenvalue weighted by Crippen LogP contribution is -2.64. The minimum absolute atomic E-state index is 0.246. The van der Waals surface area contributed by atoms with Crippen LogP contribution in [0.3, 0.4) is 0 Å². The number of piperidine rings is 1. The molecule has 2 N–H and O–H groups in total. The standard InChI is InChI=1S/C15H29N3O/c1-3-14-10-18(6-7-19-14)15(11-16)8-12-4-5-13(9-15)17(12)2/h12-14H,3-11,16H2,1-2H3. The van der Waals surface area contributed by atoms with E-state index in [1.165, 1.54) is 25.7 Å². The number of nitrogens with two attached hydrogens (primary N) is 1. The van der Waals surface area contributed by atoms with Crippen molar-refractivity contribution in [3.05, 3.63) is 0 Å². The number of ether oxygens (including phenoxy) is 1. The number of morpholine rings is 1. The average molecular weight is 267 g/mol. The fourth-order valence-corrected chi connectivity index (χ4v) is 4.49. The Kier molecular flexibility index (Phi) is 3.87. The van der Waals surface area contributed by atoms with Gasteiger partial charge in [-0.25, -0.2) is 0 Å². The molecule has 3 fully saturated rings.